The third kappa shape index (κ3) is 3.66. The molecule has 0 heterocycles. The van der Waals surface area contributed by atoms with Gasteiger partial charge >= 0.3 is 5.97 Å². The molecule has 6 nitrogen and oxygen atoms in total. The normalized spacial score (nSPS) is 10.0. The van der Waals surface area contributed by atoms with Crippen LogP contribution in [-0.2, 0) is 4.79 Å². The molecular formula is C9H8BrFN2O4. The molecular weight excluding hydrogens is 299 g/mol. The molecule has 17 heavy (non-hydrogen) atoms. The van der Waals surface area contributed by atoms with Gasteiger partial charge < -0.3 is 10.4 Å². The molecule has 0 aliphatic carbocycles. The van der Waals surface area contributed by atoms with Crippen molar-refractivity contribution in [1.82, 2.24) is 0 Å². The van der Waals surface area contributed by atoms with Gasteiger partial charge in [0.25, 0.3) is 5.69 Å². The Morgan fingerprint density at radius 3 is 2.76 bits per heavy atom. The number of rotatable bonds is 5. The maximum absolute atomic E-state index is 13.1. The minimum atomic E-state index is -1.03. The quantitative estimate of drug-likeness (QED) is 0.643. The summed E-state index contributed by atoms with van der Waals surface area (Å²) < 4.78 is 13.2. The number of hydrogen-bond acceptors (Lipinski definition) is 4. The minimum absolute atomic E-state index is 0.0221. The van der Waals surface area contributed by atoms with Crippen LogP contribution < -0.4 is 5.32 Å². The predicted octanol–water partition coefficient (Wildman–Crippen LogP) is 2.38. The molecule has 0 unspecified atom stereocenters. The maximum atomic E-state index is 13.1. The van der Waals surface area contributed by atoms with Crippen LogP contribution in [-0.4, -0.2) is 22.5 Å². The van der Waals surface area contributed by atoms with Crippen LogP contribution in [0, 0.1) is 15.9 Å². The Bertz CT molecular complexity index is 467. The van der Waals surface area contributed by atoms with Gasteiger partial charge in [0.1, 0.15) is 11.5 Å². The van der Waals surface area contributed by atoms with Crippen LogP contribution in [0.4, 0.5) is 15.8 Å². The number of nitro benzene ring substituents is 1. The summed E-state index contributed by atoms with van der Waals surface area (Å²) in [6.45, 7) is 0.0221. The number of carbonyl (C=O) groups is 1. The third-order valence-electron chi connectivity index (χ3n) is 1.89. The molecule has 2 N–H and O–H groups in total. The van der Waals surface area contributed by atoms with Crippen molar-refractivity contribution in [2.24, 2.45) is 0 Å². The summed E-state index contributed by atoms with van der Waals surface area (Å²) >= 11 is 2.90. The van der Waals surface area contributed by atoms with E-state index in [-0.39, 0.29) is 23.1 Å². The average molecular weight is 307 g/mol. The van der Waals surface area contributed by atoms with E-state index < -0.39 is 22.4 Å². The first-order chi connectivity index (χ1) is 7.91. The number of carboxylic acids is 1. The molecule has 0 atom stereocenters. The second kappa shape index (κ2) is 5.58. The van der Waals surface area contributed by atoms with Crippen molar-refractivity contribution in [3.05, 3.63) is 32.5 Å². The molecule has 8 heteroatoms. The van der Waals surface area contributed by atoms with Crippen molar-refractivity contribution in [3.8, 4) is 0 Å². The molecule has 0 amide bonds. The molecule has 0 spiro atoms. The Kier molecular flexibility index (Phi) is 4.38. The first-order valence-corrected chi connectivity index (χ1v) is 5.30. The second-order valence-electron chi connectivity index (χ2n) is 3.11. The monoisotopic (exact) mass is 306 g/mol. The molecule has 92 valence electrons. The zero-order valence-corrected chi connectivity index (χ0v) is 10.0. The lowest BCUT2D eigenvalue weighted by Crippen LogP contribution is -2.09. The zero-order valence-electron chi connectivity index (χ0n) is 8.44. The van der Waals surface area contributed by atoms with Gasteiger partial charge in [0, 0.05) is 6.54 Å². The Labute approximate surface area is 104 Å². The van der Waals surface area contributed by atoms with Crippen LogP contribution in [0.15, 0.2) is 16.6 Å². The molecule has 1 rings (SSSR count). The first-order valence-electron chi connectivity index (χ1n) is 4.51. The molecule has 0 aliphatic rings. The summed E-state index contributed by atoms with van der Waals surface area (Å²) in [4.78, 5) is 20.2. The van der Waals surface area contributed by atoms with Crippen molar-refractivity contribution in [2.75, 3.05) is 11.9 Å². The van der Waals surface area contributed by atoms with E-state index in [0.717, 1.165) is 6.07 Å². The minimum Gasteiger partial charge on any atom is -0.481 e. The Balaban J connectivity index is 2.92. The fraction of sp³-hybridized carbons (Fsp3) is 0.222. The van der Waals surface area contributed by atoms with E-state index in [2.05, 4.69) is 21.2 Å². The van der Waals surface area contributed by atoms with Gasteiger partial charge in [-0.05, 0) is 22.0 Å². The highest BCUT2D eigenvalue weighted by Crippen LogP contribution is 2.30. The molecule has 0 bridgehead atoms. The third-order valence-corrected chi connectivity index (χ3v) is 2.50. The van der Waals surface area contributed by atoms with Gasteiger partial charge in [0.2, 0.25) is 0 Å². The summed E-state index contributed by atoms with van der Waals surface area (Å²) in [6.07, 6.45) is -0.188. The Morgan fingerprint density at radius 2 is 2.24 bits per heavy atom. The largest absolute Gasteiger partial charge is 0.481 e. The molecule has 0 saturated heterocycles. The van der Waals surface area contributed by atoms with Crippen LogP contribution in [0.3, 0.4) is 0 Å². The lowest BCUT2D eigenvalue weighted by atomic mass is 10.2. The maximum Gasteiger partial charge on any atom is 0.305 e. The number of nitrogens with zero attached hydrogens (tertiary/aromatic N) is 1. The summed E-state index contributed by atoms with van der Waals surface area (Å²) in [5.74, 6) is -1.78. The predicted molar refractivity (Wildman–Crippen MR) is 61.5 cm³/mol. The van der Waals surface area contributed by atoms with Crippen LogP contribution in [0.5, 0.6) is 0 Å². The molecule has 0 aromatic heterocycles. The lowest BCUT2D eigenvalue weighted by molar-refractivity contribution is -0.384. The number of halogens is 2. The van der Waals surface area contributed by atoms with Crippen molar-refractivity contribution < 1.29 is 19.2 Å². The standard InChI is InChI=1S/C9H8BrFN2O4/c10-5-3-7(12-2-1-9(14)15)8(13(16)17)4-6(5)11/h3-4,12H,1-2H2,(H,14,15). The summed E-state index contributed by atoms with van der Waals surface area (Å²) in [5.41, 5.74) is -0.361. The van der Waals surface area contributed by atoms with Crippen LogP contribution in [0.25, 0.3) is 0 Å². The van der Waals surface area contributed by atoms with Crippen molar-refractivity contribution in [2.45, 2.75) is 6.42 Å². The van der Waals surface area contributed by atoms with Crippen molar-refractivity contribution in [1.29, 1.82) is 0 Å². The van der Waals surface area contributed by atoms with E-state index in [1.54, 1.807) is 0 Å². The molecule has 0 radical (unpaired) electrons. The lowest BCUT2D eigenvalue weighted by Gasteiger charge is -2.06. The molecule has 0 aliphatic heterocycles. The van der Waals surface area contributed by atoms with Crippen LogP contribution in [0.1, 0.15) is 6.42 Å². The fourth-order valence-corrected chi connectivity index (χ4v) is 1.48. The molecule has 0 saturated carbocycles. The summed E-state index contributed by atoms with van der Waals surface area (Å²) in [5, 5.41) is 21.6. The van der Waals surface area contributed by atoms with Crippen molar-refractivity contribution in [3.63, 3.8) is 0 Å². The van der Waals surface area contributed by atoms with Crippen molar-refractivity contribution >= 4 is 33.3 Å². The second-order valence-corrected chi connectivity index (χ2v) is 3.97. The number of nitro groups is 1. The van der Waals surface area contributed by atoms with E-state index in [1.807, 2.05) is 0 Å². The van der Waals surface area contributed by atoms with Gasteiger partial charge in [-0.15, -0.1) is 0 Å². The van der Waals surface area contributed by atoms with E-state index in [0.29, 0.717) is 0 Å². The van der Waals surface area contributed by atoms with Gasteiger partial charge in [0.05, 0.1) is 21.9 Å². The highest BCUT2D eigenvalue weighted by molar-refractivity contribution is 9.10. The molecule has 0 fully saturated rings. The zero-order chi connectivity index (χ0) is 13.0. The topological polar surface area (TPSA) is 92.5 Å². The first kappa shape index (κ1) is 13.4. The smallest absolute Gasteiger partial charge is 0.305 e. The van der Waals surface area contributed by atoms with E-state index in [1.165, 1.54) is 6.07 Å². The summed E-state index contributed by atoms with van der Waals surface area (Å²) in [7, 11) is 0. The van der Waals surface area contributed by atoms with Gasteiger partial charge in [-0.3, -0.25) is 14.9 Å². The van der Waals surface area contributed by atoms with Crippen LogP contribution >= 0.6 is 15.9 Å². The highest BCUT2D eigenvalue weighted by Gasteiger charge is 2.17. The number of anilines is 1. The summed E-state index contributed by atoms with van der Waals surface area (Å²) in [6, 6.07) is 1.97. The number of carboxylic acid groups (broad SMARTS) is 1. The van der Waals surface area contributed by atoms with E-state index >= 15 is 0 Å². The SMILES string of the molecule is O=C(O)CCNc1cc(Br)c(F)cc1[N+](=O)[O-]. The van der Waals surface area contributed by atoms with E-state index in [4.69, 9.17) is 5.11 Å². The highest BCUT2D eigenvalue weighted by atomic mass is 79.9. The van der Waals surface area contributed by atoms with Gasteiger partial charge in [0.15, 0.2) is 0 Å². The number of aliphatic carboxylic acids is 1. The van der Waals surface area contributed by atoms with E-state index in [9.17, 15) is 19.3 Å². The van der Waals surface area contributed by atoms with Crippen LogP contribution in [0.2, 0.25) is 0 Å². The Morgan fingerprint density at radius 1 is 1.59 bits per heavy atom. The fourth-order valence-electron chi connectivity index (χ4n) is 1.13. The van der Waals surface area contributed by atoms with Gasteiger partial charge in [-0.25, -0.2) is 4.39 Å². The average Bonchev–Trinajstić information content (AvgIpc) is 2.22. The Hall–Kier alpha value is -1.70. The molecule has 1 aromatic rings. The number of nitrogens with one attached hydrogen (secondary N) is 1. The van der Waals surface area contributed by atoms with Gasteiger partial charge in [-0.1, -0.05) is 0 Å². The number of hydrogen-bond donors (Lipinski definition) is 2. The van der Waals surface area contributed by atoms with Gasteiger partial charge in [-0.2, -0.15) is 0 Å². The molecule has 1 aromatic carbocycles. The number of benzene rings is 1.